The first-order chi connectivity index (χ1) is 10.1. The molecule has 2 heterocycles. The second kappa shape index (κ2) is 7.26. The molecule has 0 amide bonds. The number of pyridine rings is 1. The lowest BCUT2D eigenvalue weighted by Gasteiger charge is -2.42. The molecular formula is C18H31N3. The van der Waals surface area contributed by atoms with Gasteiger partial charge in [0, 0.05) is 18.6 Å². The highest BCUT2D eigenvalue weighted by molar-refractivity contribution is 5.46. The fourth-order valence-electron chi connectivity index (χ4n) is 3.53. The number of aromatic nitrogens is 1. The van der Waals surface area contributed by atoms with Crippen LogP contribution in [-0.4, -0.2) is 24.1 Å². The van der Waals surface area contributed by atoms with Crippen molar-refractivity contribution in [2.75, 3.05) is 18.0 Å². The van der Waals surface area contributed by atoms with Gasteiger partial charge in [0.15, 0.2) is 0 Å². The summed E-state index contributed by atoms with van der Waals surface area (Å²) in [6, 6.07) is 5.43. The molecule has 21 heavy (non-hydrogen) atoms. The van der Waals surface area contributed by atoms with E-state index in [-0.39, 0.29) is 0 Å². The summed E-state index contributed by atoms with van der Waals surface area (Å²) in [6.45, 7) is 13.6. The molecule has 3 nitrogen and oxygen atoms in total. The Bertz CT molecular complexity index is 429. The molecular weight excluding hydrogens is 258 g/mol. The van der Waals surface area contributed by atoms with E-state index in [1.165, 1.54) is 12.1 Å². The lowest BCUT2D eigenvalue weighted by Crippen LogP contribution is -2.45. The molecule has 0 bridgehead atoms. The van der Waals surface area contributed by atoms with Crippen LogP contribution in [0.2, 0.25) is 0 Å². The standard InChI is InChI=1S/C18H31N3/c1-6-17(19-7-2)18-9-8-16(11-20-18)21-12-13(3)10-14(4)15(21)5/h8-9,11,13-15,17,19H,6-7,10,12H2,1-5H3. The number of nitrogens with zero attached hydrogens (tertiary/aromatic N) is 2. The summed E-state index contributed by atoms with van der Waals surface area (Å²) in [4.78, 5) is 7.26. The van der Waals surface area contributed by atoms with Gasteiger partial charge in [-0.2, -0.15) is 0 Å². The topological polar surface area (TPSA) is 28.2 Å². The first kappa shape index (κ1) is 16.3. The molecule has 0 aliphatic carbocycles. The lowest BCUT2D eigenvalue weighted by molar-refractivity contribution is 0.297. The molecule has 2 rings (SSSR count). The number of rotatable bonds is 5. The van der Waals surface area contributed by atoms with E-state index >= 15 is 0 Å². The molecule has 0 radical (unpaired) electrons. The first-order valence-corrected chi connectivity index (χ1v) is 8.52. The molecule has 1 aliphatic rings. The van der Waals surface area contributed by atoms with E-state index in [4.69, 9.17) is 4.98 Å². The third-order valence-electron chi connectivity index (χ3n) is 4.92. The zero-order valence-electron chi connectivity index (χ0n) is 14.3. The van der Waals surface area contributed by atoms with Crippen molar-refractivity contribution in [1.29, 1.82) is 0 Å². The second-order valence-electron chi connectivity index (χ2n) is 6.67. The summed E-state index contributed by atoms with van der Waals surface area (Å²) in [6.07, 6.45) is 4.48. The van der Waals surface area contributed by atoms with Crippen molar-refractivity contribution in [2.45, 2.75) is 59.5 Å². The molecule has 4 atom stereocenters. The Labute approximate surface area is 130 Å². The molecule has 0 spiro atoms. The normalized spacial score (nSPS) is 27.7. The van der Waals surface area contributed by atoms with E-state index in [1.807, 2.05) is 0 Å². The van der Waals surface area contributed by atoms with Crippen LogP contribution in [0.4, 0.5) is 5.69 Å². The van der Waals surface area contributed by atoms with Crippen molar-refractivity contribution in [2.24, 2.45) is 11.8 Å². The van der Waals surface area contributed by atoms with Crippen molar-refractivity contribution >= 4 is 5.69 Å². The van der Waals surface area contributed by atoms with E-state index in [0.717, 1.165) is 37.0 Å². The molecule has 1 N–H and O–H groups in total. The highest BCUT2D eigenvalue weighted by Crippen LogP contribution is 2.31. The molecule has 1 aliphatic heterocycles. The number of nitrogens with one attached hydrogen (secondary N) is 1. The molecule has 1 aromatic heterocycles. The Morgan fingerprint density at radius 1 is 1.29 bits per heavy atom. The van der Waals surface area contributed by atoms with Gasteiger partial charge in [-0.25, -0.2) is 0 Å². The van der Waals surface area contributed by atoms with E-state index in [0.29, 0.717) is 12.1 Å². The Morgan fingerprint density at radius 3 is 2.62 bits per heavy atom. The van der Waals surface area contributed by atoms with E-state index in [1.54, 1.807) is 0 Å². The molecule has 1 aromatic rings. The number of anilines is 1. The molecule has 3 heteroatoms. The fraction of sp³-hybridized carbons (Fsp3) is 0.722. The zero-order valence-corrected chi connectivity index (χ0v) is 14.3. The quantitative estimate of drug-likeness (QED) is 0.887. The Kier molecular flexibility index (Phi) is 5.63. The van der Waals surface area contributed by atoms with Crippen molar-refractivity contribution in [3.05, 3.63) is 24.0 Å². The SMILES string of the molecule is CCNC(CC)c1ccc(N2CC(C)CC(C)C2C)cn1. The van der Waals surface area contributed by atoms with Crippen molar-refractivity contribution in [3.63, 3.8) is 0 Å². The van der Waals surface area contributed by atoms with Gasteiger partial charge in [-0.3, -0.25) is 4.98 Å². The Balaban J connectivity index is 2.14. The van der Waals surface area contributed by atoms with Crippen LogP contribution < -0.4 is 10.2 Å². The highest BCUT2D eigenvalue weighted by atomic mass is 15.2. The van der Waals surface area contributed by atoms with Crippen LogP contribution >= 0.6 is 0 Å². The van der Waals surface area contributed by atoms with Crippen LogP contribution in [0, 0.1) is 11.8 Å². The van der Waals surface area contributed by atoms with Crippen LogP contribution in [0.3, 0.4) is 0 Å². The molecule has 1 fully saturated rings. The van der Waals surface area contributed by atoms with Gasteiger partial charge in [0.25, 0.3) is 0 Å². The molecule has 4 unspecified atom stereocenters. The van der Waals surface area contributed by atoms with Crippen molar-refractivity contribution in [3.8, 4) is 0 Å². The van der Waals surface area contributed by atoms with Gasteiger partial charge in [0.05, 0.1) is 17.6 Å². The minimum atomic E-state index is 0.376. The van der Waals surface area contributed by atoms with Crippen molar-refractivity contribution in [1.82, 2.24) is 10.3 Å². The minimum Gasteiger partial charge on any atom is -0.367 e. The predicted molar refractivity (Wildman–Crippen MR) is 90.7 cm³/mol. The van der Waals surface area contributed by atoms with Crippen LogP contribution in [0.5, 0.6) is 0 Å². The van der Waals surface area contributed by atoms with Gasteiger partial charge in [0.1, 0.15) is 0 Å². The van der Waals surface area contributed by atoms with Gasteiger partial charge in [-0.15, -0.1) is 0 Å². The van der Waals surface area contributed by atoms with E-state index in [9.17, 15) is 0 Å². The largest absolute Gasteiger partial charge is 0.367 e. The van der Waals surface area contributed by atoms with Crippen LogP contribution in [0.15, 0.2) is 18.3 Å². The molecule has 1 saturated heterocycles. The number of hydrogen-bond donors (Lipinski definition) is 1. The average molecular weight is 289 g/mol. The summed E-state index contributed by atoms with van der Waals surface area (Å²) in [5, 5.41) is 3.49. The highest BCUT2D eigenvalue weighted by Gasteiger charge is 2.29. The smallest absolute Gasteiger partial charge is 0.0574 e. The van der Waals surface area contributed by atoms with Gasteiger partial charge in [-0.05, 0) is 50.3 Å². The summed E-state index contributed by atoms with van der Waals surface area (Å²) < 4.78 is 0. The monoisotopic (exact) mass is 289 g/mol. The summed E-state index contributed by atoms with van der Waals surface area (Å²) >= 11 is 0. The first-order valence-electron chi connectivity index (χ1n) is 8.52. The van der Waals surface area contributed by atoms with Gasteiger partial charge in [0.2, 0.25) is 0 Å². The average Bonchev–Trinajstić information content (AvgIpc) is 2.49. The third kappa shape index (κ3) is 3.76. The maximum Gasteiger partial charge on any atom is 0.0574 e. The maximum absolute atomic E-state index is 4.72. The Hall–Kier alpha value is -1.09. The minimum absolute atomic E-state index is 0.376. The summed E-state index contributed by atoms with van der Waals surface area (Å²) in [7, 11) is 0. The zero-order chi connectivity index (χ0) is 15.4. The second-order valence-corrected chi connectivity index (χ2v) is 6.67. The fourth-order valence-corrected chi connectivity index (χ4v) is 3.53. The van der Waals surface area contributed by atoms with Crippen LogP contribution in [-0.2, 0) is 0 Å². The van der Waals surface area contributed by atoms with Gasteiger partial charge in [-0.1, -0.05) is 27.7 Å². The van der Waals surface area contributed by atoms with Gasteiger partial charge < -0.3 is 10.2 Å². The third-order valence-corrected chi connectivity index (χ3v) is 4.92. The Morgan fingerprint density at radius 2 is 2.05 bits per heavy atom. The number of hydrogen-bond acceptors (Lipinski definition) is 3. The van der Waals surface area contributed by atoms with Gasteiger partial charge >= 0.3 is 0 Å². The number of piperidine rings is 1. The van der Waals surface area contributed by atoms with E-state index in [2.05, 4.69) is 63.2 Å². The summed E-state index contributed by atoms with van der Waals surface area (Å²) in [5.41, 5.74) is 2.44. The maximum atomic E-state index is 4.72. The predicted octanol–water partition coefficient (Wildman–Crippen LogP) is 4.01. The molecule has 118 valence electrons. The summed E-state index contributed by atoms with van der Waals surface area (Å²) in [5.74, 6) is 1.51. The van der Waals surface area contributed by atoms with E-state index < -0.39 is 0 Å². The molecule has 0 saturated carbocycles. The van der Waals surface area contributed by atoms with Crippen molar-refractivity contribution < 1.29 is 0 Å². The molecule has 0 aromatic carbocycles. The van der Waals surface area contributed by atoms with Crippen LogP contribution in [0.1, 0.15) is 59.2 Å². The lowest BCUT2D eigenvalue weighted by atomic mass is 9.86. The van der Waals surface area contributed by atoms with Crippen LogP contribution in [0.25, 0.3) is 0 Å².